The minimum atomic E-state index is -0.582. The van der Waals surface area contributed by atoms with Crippen molar-refractivity contribution in [1.29, 1.82) is 0 Å². The number of aliphatic hydroxyl groups excluding tert-OH is 1. The fourth-order valence-corrected chi connectivity index (χ4v) is 2.71. The molecule has 2 rings (SSSR count). The van der Waals surface area contributed by atoms with Gasteiger partial charge in [0.1, 0.15) is 0 Å². The van der Waals surface area contributed by atoms with Crippen LogP contribution in [0.1, 0.15) is 11.1 Å². The average molecular weight is 385 g/mol. The van der Waals surface area contributed by atoms with E-state index in [0.717, 1.165) is 20.1 Å². The molecule has 0 saturated carbocycles. The summed E-state index contributed by atoms with van der Waals surface area (Å²) in [6.07, 6.45) is 0. The van der Waals surface area contributed by atoms with E-state index in [1.807, 2.05) is 55.6 Å². The molecule has 0 aliphatic carbocycles. The second-order valence-corrected chi connectivity index (χ2v) is 6.16. The maximum Gasteiger partial charge on any atom is 0.0922 e. The van der Waals surface area contributed by atoms with Gasteiger partial charge in [0.05, 0.1) is 12.1 Å². The highest BCUT2D eigenvalue weighted by Gasteiger charge is 2.31. The van der Waals surface area contributed by atoms with Crippen LogP contribution in [0.3, 0.4) is 0 Å². The van der Waals surface area contributed by atoms with E-state index in [-0.39, 0.29) is 6.61 Å². The molecule has 0 spiro atoms. The van der Waals surface area contributed by atoms with Gasteiger partial charge in [0.15, 0.2) is 0 Å². The monoisotopic (exact) mass is 383 g/mol. The van der Waals surface area contributed by atoms with Crippen molar-refractivity contribution >= 4 is 31.9 Å². The zero-order chi connectivity index (χ0) is 13.9. The van der Waals surface area contributed by atoms with Gasteiger partial charge >= 0.3 is 0 Å². The van der Waals surface area contributed by atoms with Crippen molar-refractivity contribution < 1.29 is 5.11 Å². The fraction of sp³-hybridized carbons (Fsp3) is 0.200. The number of hydrogen-bond acceptors (Lipinski definition) is 2. The summed E-state index contributed by atoms with van der Waals surface area (Å²) in [4.78, 5) is 0. The van der Waals surface area contributed by atoms with Gasteiger partial charge in [-0.05, 0) is 42.4 Å². The second-order valence-electron chi connectivity index (χ2n) is 4.33. The predicted octanol–water partition coefficient (Wildman–Crippen LogP) is 3.67. The highest BCUT2D eigenvalue weighted by Crippen LogP contribution is 2.30. The van der Waals surface area contributed by atoms with Gasteiger partial charge in [-0.1, -0.05) is 56.1 Å². The van der Waals surface area contributed by atoms with Crippen LogP contribution >= 0.6 is 31.9 Å². The van der Waals surface area contributed by atoms with Crippen LogP contribution in [-0.4, -0.2) is 18.8 Å². The van der Waals surface area contributed by atoms with E-state index in [2.05, 4.69) is 37.2 Å². The SMILES string of the molecule is CNC(CO)(c1ccc(Br)cc1)c1ccc(Br)cc1. The first kappa shape index (κ1) is 14.7. The van der Waals surface area contributed by atoms with Crippen molar-refractivity contribution in [2.45, 2.75) is 5.54 Å². The Morgan fingerprint density at radius 2 is 1.26 bits per heavy atom. The Morgan fingerprint density at radius 3 is 1.53 bits per heavy atom. The van der Waals surface area contributed by atoms with Crippen molar-refractivity contribution in [1.82, 2.24) is 5.32 Å². The molecule has 0 aliphatic rings. The summed E-state index contributed by atoms with van der Waals surface area (Å²) in [6, 6.07) is 16.0. The molecule has 2 N–H and O–H groups in total. The molecular formula is C15H15Br2NO. The van der Waals surface area contributed by atoms with Crippen LogP contribution in [0.15, 0.2) is 57.5 Å². The number of rotatable bonds is 4. The molecule has 2 nitrogen and oxygen atoms in total. The van der Waals surface area contributed by atoms with Crippen molar-refractivity contribution in [3.05, 3.63) is 68.6 Å². The summed E-state index contributed by atoms with van der Waals surface area (Å²) in [5.74, 6) is 0. The molecule has 0 radical (unpaired) electrons. The lowest BCUT2D eigenvalue weighted by molar-refractivity contribution is 0.199. The van der Waals surface area contributed by atoms with Gasteiger partial charge in [0.25, 0.3) is 0 Å². The Labute approximate surface area is 130 Å². The van der Waals surface area contributed by atoms with Crippen LogP contribution in [0.5, 0.6) is 0 Å². The van der Waals surface area contributed by atoms with E-state index in [4.69, 9.17) is 0 Å². The molecule has 0 bridgehead atoms. The van der Waals surface area contributed by atoms with E-state index in [0.29, 0.717) is 0 Å². The highest BCUT2D eigenvalue weighted by atomic mass is 79.9. The summed E-state index contributed by atoms with van der Waals surface area (Å²) in [5, 5.41) is 13.2. The number of halogens is 2. The minimum absolute atomic E-state index is 0.00718. The minimum Gasteiger partial charge on any atom is -0.394 e. The number of nitrogens with one attached hydrogen (secondary N) is 1. The molecule has 2 aromatic rings. The van der Waals surface area contributed by atoms with Crippen molar-refractivity contribution in [2.24, 2.45) is 0 Å². The second kappa shape index (κ2) is 6.18. The molecule has 2 aromatic carbocycles. The number of benzene rings is 2. The predicted molar refractivity (Wildman–Crippen MR) is 85.2 cm³/mol. The lowest BCUT2D eigenvalue weighted by atomic mass is 9.83. The first-order valence-corrected chi connectivity index (χ1v) is 7.53. The molecule has 0 heterocycles. The number of aliphatic hydroxyl groups is 1. The smallest absolute Gasteiger partial charge is 0.0922 e. The van der Waals surface area contributed by atoms with Crippen LogP contribution in [-0.2, 0) is 5.54 Å². The van der Waals surface area contributed by atoms with Gasteiger partial charge in [0.2, 0.25) is 0 Å². The van der Waals surface area contributed by atoms with Gasteiger partial charge < -0.3 is 10.4 Å². The molecular weight excluding hydrogens is 370 g/mol. The van der Waals surface area contributed by atoms with Gasteiger partial charge in [-0.25, -0.2) is 0 Å². The Hall–Kier alpha value is -0.680. The molecule has 0 aromatic heterocycles. The Morgan fingerprint density at radius 1 is 0.895 bits per heavy atom. The molecule has 0 unspecified atom stereocenters. The molecule has 0 amide bonds. The lowest BCUT2D eigenvalue weighted by Gasteiger charge is -2.33. The average Bonchev–Trinajstić information content (AvgIpc) is 2.44. The molecule has 0 aliphatic heterocycles. The van der Waals surface area contributed by atoms with Crippen molar-refractivity contribution in [3.63, 3.8) is 0 Å². The largest absolute Gasteiger partial charge is 0.394 e. The van der Waals surface area contributed by atoms with Crippen LogP contribution in [0, 0.1) is 0 Å². The number of hydrogen-bond donors (Lipinski definition) is 2. The molecule has 4 heteroatoms. The van der Waals surface area contributed by atoms with E-state index in [1.165, 1.54) is 0 Å². The summed E-state index contributed by atoms with van der Waals surface area (Å²) in [6.45, 7) is -0.00718. The third kappa shape index (κ3) is 2.92. The topological polar surface area (TPSA) is 32.3 Å². The third-order valence-corrected chi connectivity index (χ3v) is 4.40. The molecule has 19 heavy (non-hydrogen) atoms. The van der Waals surface area contributed by atoms with E-state index in [9.17, 15) is 5.11 Å². The van der Waals surface area contributed by atoms with Gasteiger partial charge in [-0.3, -0.25) is 0 Å². The van der Waals surface area contributed by atoms with Gasteiger partial charge in [0, 0.05) is 8.95 Å². The van der Waals surface area contributed by atoms with Crippen LogP contribution < -0.4 is 5.32 Å². The maximum atomic E-state index is 9.94. The van der Waals surface area contributed by atoms with Crippen LogP contribution in [0.4, 0.5) is 0 Å². The number of likely N-dealkylation sites (N-methyl/N-ethyl adjacent to an activating group) is 1. The van der Waals surface area contributed by atoms with E-state index < -0.39 is 5.54 Å². The van der Waals surface area contributed by atoms with E-state index >= 15 is 0 Å². The molecule has 0 fully saturated rings. The zero-order valence-electron chi connectivity index (χ0n) is 10.5. The lowest BCUT2D eigenvalue weighted by Crippen LogP contribution is -2.44. The summed E-state index contributed by atoms with van der Waals surface area (Å²) in [5.41, 5.74) is 1.48. The Kier molecular flexibility index (Phi) is 4.79. The zero-order valence-corrected chi connectivity index (χ0v) is 13.7. The molecule has 0 saturated heterocycles. The van der Waals surface area contributed by atoms with Crippen LogP contribution in [0.25, 0.3) is 0 Å². The highest BCUT2D eigenvalue weighted by molar-refractivity contribution is 9.10. The maximum absolute atomic E-state index is 9.94. The van der Waals surface area contributed by atoms with Crippen molar-refractivity contribution in [3.8, 4) is 0 Å². The standard InChI is InChI=1S/C15H15Br2NO/c1-18-15(10-19,11-2-6-13(16)7-3-11)12-4-8-14(17)9-5-12/h2-9,18-19H,10H2,1H3. The fourth-order valence-electron chi connectivity index (χ4n) is 2.19. The normalized spacial score (nSPS) is 11.6. The van der Waals surface area contributed by atoms with Crippen LogP contribution in [0.2, 0.25) is 0 Å². The van der Waals surface area contributed by atoms with E-state index in [1.54, 1.807) is 0 Å². The first-order valence-electron chi connectivity index (χ1n) is 5.94. The summed E-state index contributed by atoms with van der Waals surface area (Å²) in [7, 11) is 1.86. The first-order chi connectivity index (χ1) is 9.12. The van der Waals surface area contributed by atoms with Gasteiger partial charge in [-0.2, -0.15) is 0 Å². The quantitative estimate of drug-likeness (QED) is 0.842. The summed E-state index contributed by atoms with van der Waals surface area (Å²) >= 11 is 6.87. The summed E-state index contributed by atoms with van der Waals surface area (Å²) < 4.78 is 2.05. The Balaban J connectivity index is 2.53. The molecule has 0 atom stereocenters. The van der Waals surface area contributed by atoms with Crippen molar-refractivity contribution in [2.75, 3.05) is 13.7 Å². The Bertz CT molecular complexity index is 486. The van der Waals surface area contributed by atoms with Gasteiger partial charge in [-0.15, -0.1) is 0 Å². The molecule has 100 valence electrons. The third-order valence-electron chi connectivity index (χ3n) is 3.34.